The first-order valence-corrected chi connectivity index (χ1v) is 8.91. The molecular formula is C23H23NO2. The number of benzene rings is 3. The number of carbonyl (C=O) groups is 1. The van der Waals surface area contributed by atoms with Gasteiger partial charge in [-0.15, -0.1) is 0 Å². The Hall–Kier alpha value is -3.07. The van der Waals surface area contributed by atoms with Gasteiger partial charge in [-0.3, -0.25) is 0 Å². The van der Waals surface area contributed by atoms with Crippen molar-refractivity contribution in [1.82, 2.24) is 0 Å². The molecule has 3 heteroatoms. The van der Waals surface area contributed by atoms with Crippen molar-refractivity contribution in [2.75, 3.05) is 11.9 Å². The second-order valence-corrected chi connectivity index (χ2v) is 6.10. The SMILES string of the molecule is O=C(OCCCc1ccccc1NCc1ccccc1)c1ccccc1. The minimum absolute atomic E-state index is 0.263. The maximum Gasteiger partial charge on any atom is 0.338 e. The summed E-state index contributed by atoms with van der Waals surface area (Å²) in [6, 6.07) is 27.7. The van der Waals surface area contributed by atoms with Crippen LogP contribution in [0.25, 0.3) is 0 Å². The molecule has 3 aromatic rings. The van der Waals surface area contributed by atoms with E-state index in [9.17, 15) is 4.79 Å². The van der Waals surface area contributed by atoms with Crippen LogP contribution in [0.3, 0.4) is 0 Å². The molecule has 0 heterocycles. The molecule has 0 unspecified atom stereocenters. The first-order chi connectivity index (χ1) is 12.8. The molecule has 132 valence electrons. The molecule has 3 aromatic carbocycles. The molecule has 0 radical (unpaired) electrons. The van der Waals surface area contributed by atoms with Gasteiger partial charge in [-0.2, -0.15) is 0 Å². The summed E-state index contributed by atoms with van der Waals surface area (Å²) in [6.07, 6.45) is 1.66. The smallest absolute Gasteiger partial charge is 0.338 e. The van der Waals surface area contributed by atoms with Crippen molar-refractivity contribution in [2.24, 2.45) is 0 Å². The van der Waals surface area contributed by atoms with Crippen molar-refractivity contribution < 1.29 is 9.53 Å². The van der Waals surface area contributed by atoms with Crippen molar-refractivity contribution in [1.29, 1.82) is 0 Å². The summed E-state index contributed by atoms with van der Waals surface area (Å²) in [5.74, 6) is -0.263. The predicted molar refractivity (Wildman–Crippen MR) is 105 cm³/mol. The fourth-order valence-corrected chi connectivity index (χ4v) is 2.79. The molecule has 0 fully saturated rings. The summed E-state index contributed by atoms with van der Waals surface area (Å²) >= 11 is 0. The van der Waals surface area contributed by atoms with E-state index < -0.39 is 0 Å². The average molecular weight is 345 g/mol. The van der Waals surface area contributed by atoms with Gasteiger partial charge in [0.05, 0.1) is 12.2 Å². The maximum absolute atomic E-state index is 11.9. The zero-order valence-electron chi connectivity index (χ0n) is 14.7. The zero-order chi connectivity index (χ0) is 18.0. The molecule has 26 heavy (non-hydrogen) atoms. The summed E-state index contributed by atoms with van der Waals surface area (Å²) in [6.45, 7) is 1.21. The van der Waals surface area contributed by atoms with Gasteiger partial charge in [0.25, 0.3) is 0 Å². The predicted octanol–water partition coefficient (Wildman–Crippen LogP) is 5.09. The summed E-state index contributed by atoms with van der Waals surface area (Å²) in [5.41, 5.74) is 4.21. The van der Waals surface area contributed by atoms with Crippen LogP contribution in [0.1, 0.15) is 27.9 Å². The van der Waals surface area contributed by atoms with Gasteiger partial charge in [-0.1, -0.05) is 66.7 Å². The van der Waals surface area contributed by atoms with Gasteiger partial charge in [0, 0.05) is 12.2 Å². The second kappa shape index (κ2) is 9.42. The molecule has 3 nitrogen and oxygen atoms in total. The molecule has 1 N–H and O–H groups in total. The number of carbonyl (C=O) groups excluding carboxylic acids is 1. The van der Waals surface area contributed by atoms with Crippen LogP contribution in [-0.2, 0) is 17.7 Å². The Bertz CT molecular complexity index is 816. The number of hydrogen-bond donors (Lipinski definition) is 1. The fraction of sp³-hybridized carbons (Fsp3) is 0.174. The van der Waals surface area contributed by atoms with E-state index >= 15 is 0 Å². The Morgan fingerprint density at radius 2 is 1.46 bits per heavy atom. The van der Waals surface area contributed by atoms with Gasteiger partial charge in [0.15, 0.2) is 0 Å². The number of nitrogens with one attached hydrogen (secondary N) is 1. The normalized spacial score (nSPS) is 10.3. The molecule has 0 spiro atoms. The van der Waals surface area contributed by atoms with E-state index in [-0.39, 0.29) is 5.97 Å². The zero-order valence-corrected chi connectivity index (χ0v) is 14.7. The molecule has 3 rings (SSSR count). The van der Waals surface area contributed by atoms with Crippen LogP contribution >= 0.6 is 0 Å². The summed E-state index contributed by atoms with van der Waals surface area (Å²) in [5, 5.41) is 3.50. The van der Waals surface area contributed by atoms with Gasteiger partial charge >= 0.3 is 5.97 Å². The van der Waals surface area contributed by atoms with Crippen molar-refractivity contribution in [2.45, 2.75) is 19.4 Å². The Labute approximate surface area is 154 Å². The van der Waals surface area contributed by atoms with E-state index in [0.29, 0.717) is 12.2 Å². The number of esters is 1. The number of hydrogen-bond acceptors (Lipinski definition) is 3. The van der Waals surface area contributed by atoms with Crippen LogP contribution in [0.15, 0.2) is 84.9 Å². The highest BCUT2D eigenvalue weighted by Gasteiger charge is 2.06. The minimum Gasteiger partial charge on any atom is -0.462 e. The third-order valence-corrected chi connectivity index (χ3v) is 4.18. The Balaban J connectivity index is 1.48. The number of para-hydroxylation sites is 1. The Morgan fingerprint density at radius 1 is 0.808 bits per heavy atom. The molecular weight excluding hydrogens is 322 g/mol. The van der Waals surface area contributed by atoms with Crippen molar-refractivity contribution in [3.05, 3.63) is 102 Å². The van der Waals surface area contributed by atoms with Crippen molar-refractivity contribution in [3.8, 4) is 0 Å². The second-order valence-electron chi connectivity index (χ2n) is 6.10. The number of rotatable bonds is 8. The standard InChI is InChI=1S/C23H23NO2/c25-23(21-13-5-2-6-14-21)26-17-9-15-20-12-7-8-16-22(20)24-18-19-10-3-1-4-11-19/h1-8,10-14,16,24H,9,15,17-18H2. The molecule has 0 amide bonds. The lowest BCUT2D eigenvalue weighted by Gasteiger charge is -2.12. The summed E-state index contributed by atoms with van der Waals surface area (Å²) in [4.78, 5) is 11.9. The molecule has 0 bridgehead atoms. The molecule has 0 saturated heterocycles. The highest BCUT2D eigenvalue weighted by molar-refractivity contribution is 5.89. The largest absolute Gasteiger partial charge is 0.462 e. The van der Waals surface area contributed by atoms with Gasteiger partial charge < -0.3 is 10.1 Å². The summed E-state index contributed by atoms with van der Waals surface area (Å²) in [7, 11) is 0. The monoisotopic (exact) mass is 345 g/mol. The molecule has 0 aliphatic carbocycles. The van der Waals surface area contributed by atoms with Crippen LogP contribution < -0.4 is 5.32 Å². The first-order valence-electron chi connectivity index (χ1n) is 8.91. The Kier molecular flexibility index (Phi) is 6.43. The lowest BCUT2D eigenvalue weighted by atomic mass is 10.1. The molecule has 0 aliphatic rings. The van der Waals surface area contributed by atoms with E-state index in [1.165, 1.54) is 11.1 Å². The van der Waals surface area contributed by atoms with Gasteiger partial charge in [0.1, 0.15) is 0 Å². The van der Waals surface area contributed by atoms with Gasteiger partial charge in [-0.05, 0) is 42.2 Å². The van der Waals surface area contributed by atoms with Crippen LogP contribution in [0.2, 0.25) is 0 Å². The highest BCUT2D eigenvalue weighted by atomic mass is 16.5. The van der Waals surface area contributed by atoms with Gasteiger partial charge in [-0.25, -0.2) is 4.79 Å². The highest BCUT2D eigenvalue weighted by Crippen LogP contribution is 2.18. The van der Waals surface area contributed by atoms with E-state index in [1.54, 1.807) is 12.1 Å². The van der Waals surface area contributed by atoms with E-state index in [2.05, 4.69) is 29.6 Å². The molecule has 0 aliphatic heterocycles. The number of anilines is 1. The minimum atomic E-state index is -0.263. The van der Waals surface area contributed by atoms with Crippen LogP contribution in [0.5, 0.6) is 0 Å². The average Bonchev–Trinajstić information content (AvgIpc) is 2.71. The van der Waals surface area contributed by atoms with E-state index in [0.717, 1.165) is 25.1 Å². The van der Waals surface area contributed by atoms with Crippen LogP contribution in [0.4, 0.5) is 5.69 Å². The number of aryl methyl sites for hydroxylation is 1. The first kappa shape index (κ1) is 17.7. The van der Waals surface area contributed by atoms with Crippen molar-refractivity contribution in [3.63, 3.8) is 0 Å². The quantitative estimate of drug-likeness (QED) is 0.456. The topological polar surface area (TPSA) is 38.3 Å². The molecule has 0 saturated carbocycles. The third kappa shape index (κ3) is 5.21. The lowest BCUT2D eigenvalue weighted by molar-refractivity contribution is 0.0500. The van der Waals surface area contributed by atoms with Crippen LogP contribution in [-0.4, -0.2) is 12.6 Å². The third-order valence-electron chi connectivity index (χ3n) is 4.18. The molecule has 0 aromatic heterocycles. The van der Waals surface area contributed by atoms with Crippen molar-refractivity contribution >= 4 is 11.7 Å². The lowest BCUT2D eigenvalue weighted by Crippen LogP contribution is -2.07. The Morgan fingerprint density at radius 3 is 2.23 bits per heavy atom. The van der Waals surface area contributed by atoms with Crippen LogP contribution in [0, 0.1) is 0 Å². The summed E-state index contributed by atoms with van der Waals surface area (Å²) < 4.78 is 5.36. The number of ether oxygens (including phenoxy) is 1. The van der Waals surface area contributed by atoms with E-state index in [4.69, 9.17) is 4.74 Å². The molecule has 0 atom stereocenters. The fourth-order valence-electron chi connectivity index (χ4n) is 2.79. The maximum atomic E-state index is 11.9. The van der Waals surface area contributed by atoms with E-state index in [1.807, 2.05) is 48.5 Å². The van der Waals surface area contributed by atoms with Gasteiger partial charge in [0.2, 0.25) is 0 Å².